The maximum absolute atomic E-state index is 10.6. The molecule has 0 unspecified atom stereocenters. The first-order valence-electron chi connectivity index (χ1n) is 10.2. The van der Waals surface area contributed by atoms with Crippen molar-refractivity contribution in [3.05, 3.63) is 29.8 Å². The van der Waals surface area contributed by atoms with E-state index in [-0.39, 0.29) is 0 Å². The summed E-state index contributed by atoms with van der Waals surface area (Å²) in [4.78, 5) is 22.9. The topological polar surface area (TPSA) is 90.3 Å². The van der Waals surface area contributed by atoms with Crippen LogP contribution in [0, 0.1) is 5.41 Å². The van der Waals surface area contributed by atoms with Gasteiger partial charge in [-0.1, -0.05) is 18.2 Å². The monoisotopic (exact) mass is 502 g/mol. The van der Waals surface area contributed by atoms with Crippen LogP contribution in [0.4, 0.5) is 26.3 Å². The number of hydrogen-bond donors (Lipinski definition) is 2. The molecule has 0 atom stereocenters. The number of carbonyl (C=O) groups is 2. The highest BCUT2D eigenvalue weighted by Gasteiger charge is 2.40. The zero-order valence-electron chi connectivity index (χ0n) is 18.7. The minimum absolute atomic E-state index is 0.617. The fraction of sp³-hybridized carbons (Fsp3) is 0.619. The molecule has 1 spiro atoms. The number of carboxylic acid groups (broad SMARTS) is 2. The molecule has 1 aromatic carbocycles. The Morgan fingerprint density at radius 3 is 1.76 bits per heavy atom. The Morgan fingerprint density at radius 1 is 0.941 bits per heavy atom. The Bertz CT molecular complexity index is 784. The van der Waals surface area contributed by atoms with Gasteiger partial charge in [0.2, 0.25) is 0 Å². The van der Waals surface area contributed by atoms with E-state index in [4.69, 9.17) is 24.5 Å². The number of likely N-dealkylation sites (tertiary alicyclic amines) is 2. The number of piperidine rings is 1. The normalized spacial score (nSPS) is 18.4. The SMILES string of the molecule is COc1ccccc1CN1CCC2(CCN(C)C2)CC1.O=C(O)C(F)(F)F.O=C(O)C(F)(F)F. The van der Waals surface area contributed by atoms with E-state index >= 15 is 0 Å². The summed E-state index contributed by atoms with van der Waals surface area (Å²) in [6.07, 6.45) is -6.06. The minimum Gasteiger partial charge on any atom is -0.496 e. The van der Waals surface area contributed by atoms with E-state index in [2.05, 4.69) is 35.0 Å². The highest BCUT2D eigenvalue weighted by atomic mass is 19.4. The number of halogens is 6. The lowest BCUT2D eigenvalue weighted by Gasteiger charge is -2.39. The molecule has 34 heavy (non-hydrogen) atoms. The average molecular weight is 502 g/mol. The van der Waals surface area contributed by atoms with E-state index in [1.807, 2.05) is 6.07 Å². The van der Waals surface area contributed by atoms with Crippen molar-refractivity contribution in [3.8, 4) is 5.75 Å². The molecule has 0 saturated carbocycles. The third-order valence-electron chi connectivity index (χ3n) is 5.62. The summed E-state index contributed by atoms with van der Waals surface area (Å²) in [6, 6.07) is 8.40. The van der Waals surface area contributed by atoms with Crippen LogP contribution in [0.15, 0.2) is 24.3 Å². The molecule has 2 aliphatic rings. The van der Waals surface area contributed by atoms with Crippen molar-refractivity contribution in [2.75, 3.05) is 40.3 Å². The van der Waals surface area contributed by atoms with Gasteiger partial charge < -0.3 is 19.8 Å². The second-order valence-corrected chi connectivity index (χ2v) is 8.18. The third-order valence-corrected chi connectivity index (χ3v) is 5.62. The lowest BCUT2D eigenvalue weighted by Crippen LogP contribution is -2.40. The van der Waals surface area contributed by atoms with Crippen molar-refractivity contribution in [1.82, 2.24) is 9.80 Å². The molecular formula is C21H28F6N2O5. The summed E-state index contributed by atoms with van der Waals surface area (Å²) in [5.74, 6) is -4.49. The predicted octanol–water partition coefficient (Wildman–Crippen LogP) is 3.88. The van der Waals surface area contributed by atoms with Crippen LogP contribution in [-0.2, 0) is 16.1 Å². The Balaban J connectivity index is 0.000000343. The summed E-state index contributed by atoms with van der Waals surface area (Å²) >= 11 is 0. The number of carboxylic acids is 2. The van der Waals surface area contributed by atoms with Gasteiger partial charge in [-0.25, -0.2) is 9.59 Å². The highest BCUT2D eigenvalue weighted by molar-refractivity contribution is 5.73. The maximum Gasteiger partial charge on any atom is 0.490 e. The number of methoxy groups -OCH3 is 1. The number of benzene rings is 1. The zero-order valence-corrected chi connectivity index (χ0v) is 18.7. The van der Waals surface area contributed by atoms with Crippen molar-refractivity contribution in [1.29, 1.82) is 0 Å². The minimum atomic E-state index is -5.08. The molecule has 2 fully saturated rings. The van der Waals surface area contributed by atoms with Crippen molar-refractivity contribution >= 4 is 11.9 Å². The number of para-hydroxylation sites is 1. The van der Waals surface area contributed by atoms with Gasteiger partial charge in [0.25, 0.3) is 0 Å². The van der Waals surface area contributed by atoms with E-state index < -0.39 is 24.3 Å². The van der Waals surface area contributed by atoms with Crippen molar-refractivity contribution in [2.45, 2.75) is 38.2 Å². The molecular weight excluding hydrogens is 474 g/mol. The predicted molar refractivity (Wildman–Crippen MR) is 109 cm³/mol. The van der Waals surface area contributed by atoms with E-state index in [9.17, 15) is 26.3 Å². The van der Waals surface area contributed by atoms with Gasteiger partial charge in [0.1, 0.15) is 5.75 Å². The van der Waals surface area contributed by atoms with Gasteiger partial charge in [0, 0.05) is 18.7 Å². The molecule has 2 heterocycles. The number of nitrogens with zero attached hydrogens (tertiary/aromatic N) is 2. The van der Waals surface area contributed by atoms with Gasteiger partial charge >= 0.3 is 24.3 Å². The number of hydrogen-bond acceptors (Lipinski definition) is 5. The van der Waals surface area contributed by atoms with E-state index in [1.165, 1.54) is 51.0 Å². The lowest BCUT2D eigenvalue weighted by molar-refractivity contribution is -0.193. The Kier molecular flexibility index (Phi) is 10.6. The van der Waals surface area contributed by atoms with Crippen molar-refractivity contribution < 1.29 is 50.9 Å². The van der Waals surface area contributed by atoms with Crippen LogP contribution in [0.1, 0.15) is 24.8 Å². The first-order valence-corrected chi connectivity index (χ1v) is 10.2. The fourth-order valence-corrected chi connectivity index (χ4v) is 3.83. The van der Waals surface area contributed by atoms with Crippen LogP contribution in [0.5, 0.6) is 5.75 Å². The molecule has 2 N–H and O–H groups in total. The van der Waals surface area contributed by atoms with Crippen molar-refractivity contribution in [2.24, 2.45) is 5.41 Å². The summed E-state index contributed by atoms with van der Waals surface area (Å²) in [6.45, 7) is 6.07. The molecule has 0 aromatic heterocycles. The molecule has 2 aliphatic heterocycles. The quantitative estimate of drug-likeness (QED) is 0.607. The molecule has 1 aromatic rings. The highest BCUT2D eigenvalue weighted by Crippen LogP contribution is 2.40. The van der Waals surface area contributed by atoms with E-state index in [0.717, 1.165) is 12.3 Å². The number of ether oxygens (including phenoxy) is 1. The molecule has 0 bridgehead atoms. The molecule has 7 nitrogen and oxygen atoms in total. The maximum atomic E-state index is 10.6. The van der Waals surface area contributed by atoms with Crippen LogP contribution in [0.2, 0.25) is 0 Å². The molecule has 0 radical (unpaired) electrons. The van der Waals surface area contributed by atoms with Crippen LogP contribution < -0.4 is 4.74 Å². The first kappa shape index (κ1) is 29.5. The number of rotatable bonds is 3. The van der Waals surface area contributed by atoms with Crippen LogP contribution in [0.25, 0.3) is 0 Å². The summed E-state index contributed by atoms with van der Waals surface area (Å²) in [5, 5.41) is 14.2. The molecule has 2 saturated heterocycles. The molecule has 3 rings (SSSR count). The summed E-state index contributed by atoms with van der Waals surface area (Å²) in [7, 11) is 4.02. The molecule has 194 valence electrons. The van der Waals surface area contributed by atoms with Gasteiger partial charge in [-0.05, 0) is 57.4 Å². The molecule has 0 amide bonds. The third kappa shape index (κ3) is 9.75. The Labute approximate surface area is 192 Å². The summed E-state index contributed by atoms with van der Waals surface area (Å²) < 4.78 is 68.9. The van der Waals surface area contributed by atoms with Crippen LogP contribution in [-0.4, -0.2) is 84.6 Å². The number of aliphatic carboxylic acids is 2. The second-order valence-electron chi connectivity index (χ2n) is 8.18. The molecule has 0 aliphatic carbocycles. The van der Waals surface area contributed by atoms with E-state index in [0.29, 0.717) is 5.41 Å². The van der Waals surface area contributed by atoms with Gasteiger partial charge in [0.15, 0.2) is 0 Å². The average Bonchev–Trinajstić information content (AvgIpc) is 3.10. The number of alkyl halides is 6. The van der Waals surface area contributed by atoms with Gasteiger partial charge in [0.05, 0.1) is 7.11 Å². The molecule has 13 heteroatoms. The zero-order chi connectivity index (χ0) is 26.2. The second kappa shape index (κ2) is 12.2. The Hall–Kier alpha value is -2.54. The van der Waals surface area contributed by atoms with Gasteiger partial charge in [-0.2, -0.15) is 26.3 Å². The Morgan fingerprint density at radius 2 is 1.38 bits per heavy atom. The smallest absolute Gasteiger partial charge is 0.490 e. The standard InChI is InChI=1S/C17H26N2O.2C2HF3O2/c1-18-10-7-17(14-18)8-11-19(12-9-17)13-15-5-3-4-6-16(15)20-2;2*3-2(4,5)1(6)7/h3-6H,7-14H2,1-2H3;2*(H,6,7). The largest absolute Gasteiger partial charge is 0.496 e. The van der Waals surface area contributed by atoms with Crippen molar-refractivity contribution in [3.63, 3.8) is 0 Å². The fourth-order valence-electron chi connectivity index (χ4n) is 3.83. The lowest BCUT2D eigenvalue weighted by atomic mass is 9.77. The van der Waals surface area contributed by atoms with Gasteiger partial charge in [-0.15, -0.1) is 0 Å². The van der Waals surface area contributed by atoms with E-state index in [1.54, 1.807) is 7.11 Å². The van der Waals surface area contributed by atoms with Crippen LogP contribution >= 0.6 is 0 Å². The first-order chi connectivity index (χ1) is 15.6. The van der Waals surface area contributed by atoms with Gasteiger partial charge in [-0.3, -0.25) is 4.90 Å². The summed E-state index contributed by atoms with van der Waals surface area (Å²) in [5.41, 5.74) is 1.93. The van der Waals surface area contributed by atoms with Crippen LogP contribution in [0.3, 0.4) is 0 Å².